The number of benzene rings is 1. The zero-order valence-electron chi connectivity index (χ0n) is 11.2. The summed E-state index contributed by atoms with van der Waals surface area (Å²) in [5.74, 6) is -1.03. The predicted molar refractivity (Wildman–Crippen MR) is 69.1 cm³/mol. The molecule has 0 radical (unpaired) electrons. The van der Waals surface area contributed by atoms with Gasteiger partial charge in [-0.3, -0.25) is 0 Å². The van der Waals surface area contributed by atoms with Gasteiger partial charge in [-0.15, -0.1) is 0 Å². The molecule has 0 aliphatic heterocycles. The summed E-state index contributed by atoms with van der Waals surface area (Å²) in [6.07, 6.45) is 0.975. The van der Waals surface area contributed by atoms with Gasteiger partial charge >= 0.3 is 5.97 Å². The van der Waals surface area contributed by atoms with Gasteiger partial charge in [0, 0.05) is 12.7 Å². The molecule has 1 rings (SSSR count). The molecule has 0 atom stereocenters. The van der Waals surface area contributed by atoms with Crippen molar-refractivity contribution in [3.05, 3.63) is 29.6 Å². The molecule has 0 unspecified atom stereocenters. The van der Waals surface area contributed by atoms with Crippen LogP contribution in [-0.2, 0) is 4.74 Å². The van der Waals surface area contributed by atoms with Crippen LogP contribution in [0.15, 0.2) is 18.2 Å². The van der Waals surface area contributed by atoms with E-state index in [4.69, 9.17) is 14.6 Å². The second-order valence-corrected chi connectivity index (χ2v) is 4.62. The Morgan fingerprint density at radius 2 is 2.00 bits per heavy atom. The van der Waals surface area contributed by atoms with Crippen molar-refractivity contribution in [2.75, 3.05) is 19.8 Å². The van der Waals surface area contributed by atoms with E-state index in [1.807, 2.05) is 0 Å². The minimum absolute atomic E-state index is 0.129. The van der Waals surface area contributed by atoms with Gasteiger partial charge in [-0.05, 0) is 24.5 Å². The molecule has 0 saturated heterocycles. The van der Waals surface area contributed by atoms with Crippen molar-refractivity contribution in [2.45, 2.75) is 20.3 Å². The first-order valence-electron chi connectivity index (χ1n) is 6.23. The molecule has 1 aromatic rings. The van der Waals surface area contributed by atoms with Gasteiger partial charge in [0.25, 0.3) is 0 Å². The fourth-order valence-corrected chi connectivity index (χ4v) is 1.41. The van der Waals surface area contributed by atoms with E-state index in [0.29, 0.717) is 19.1 Å². The second-order valence-electron chi connectivity index (χ2n) is 4.62. The van der Waals surface area contributed by atoms with Crippen molar-refractivity contribution in [1.82, 2.24) is 0 Å². The van der Waals surface area contributed by atoms with Crippen LogP contribution in [-0.4, -0.2) is 30.9 Å². The number of hydrogen-bond acceptors (Lipinski definition) is 3. The van der Waals surface area contributed by atoms with E-state index in [9.17, 15) is 9.18 Å². The molecule has 5 heteroatoms. The zero-order valence-corrected chi connectivity index (χ0v) is 11.2. The standard InChI is InChI=1S/C14H19FO4/c1-10(2)3-4-18-5-6-19-13-8-11(14(16)17)7-12(15)9-13/h7-10H,3-6H2,1-2H3,(H,16,17). The lowest BCUT2D eigenvalue weighted by Gasteiger charge is -2.09. The zero-order chi connectivity index (χ0) is 14.3. The summed E-state index contributed by atoms with van der Waals surface area (Å²) in [4.78, 5) is 10.7. The van der Waals surface area contributed by atoms with Gasteiger partial charge < -0.3 is 14.6 Å². The van der Waals surface area contributed by atoms with Gasteiger partial charge in [0.2, 0.25) is 0 Å². The molecule has 0 heterocycles. The van der Waals surface area contributed by atoms with Crippen LogP contribution in [0.1, 0.15) is 30.6 Å². The van der Waals surface area contributed by atoms with Crippen LogP contribution in [0.2, 0.25) is 0 Å². The van der Waals surface area contributed by atoms with Crippen LogP contribution in [0, 0.1) is 11.7 Å². The Morgan fingerprint density at radius 1 is 1.26 bits per heavy atom. The topological polar surface area (TPSA) is 55.8 Å². The number of rotatable bonds is 8. The molecule has 0 aliphatic carbocycles. The van der Waals surface area contributed by atoms with Crippen molar-refractivity contribution in [3.63, 3.8) is 0 Å². The average molecular weight is 270 g/mol. The molecule has 1 aromatic carbocycles. The molecule has 0 amide bonds. The fourth-order valence-electron chi connectivity index (χ4n) is 1.41. The first-order valence-corrected chi connectivity index (χ1v) is 6.23. The van der Waals surface area contributed by atoms with E-state index in [1.54, 1.807) is 0 Å². The minimum atomic E-state index is -1.18. The van der Waals surface area contributed by atoms with Gasteiger partial charge in [0.05, 0.1) is 12.2 Å². The maximum absolute atomic E-state index is 13.1. The maximum atomic E-state index is 13.1. The predicted octanol–water partition coefficient (Wildman–Crippen LogP) is 2.97. The van der Waals surface area contributed by atoms with Crippen molar-refractivity contribution in [1.29, 1.82) is 0 Å². The Hall–Kier alpha value is -1.62. The summed E-state index contributed by atoms with van der Waals surface area (Å²) >= 11 is 0. The van der Waals surface area contributed by atoms with Crippen molar-refractivity contribution >= 4 is 5.97 Å². The lowest BCUT2D eigenvalue weighted by atomic mass is 10.1. The van der Waals surface area contributed by atoms with Crippen LogP contribution < -0.4 is 4.74 Å². The van der Waals surface area contributed by atoms with E-state index < -0.39 is 11.8 Å². The van der Waals surface area contributed by atoms with E-state index in [1.165, 1.54) is 6.07 Å². The molecular formula is C14H19FO4. The molecule has 0 aromatic heterocycles. The Labute approximate surface area is 112 Å². The summed E-state index contributed by atoms with van der Waals surface area (Å²) < 4.78 is 23.7. The lowest BCUT2D eigenvalue weighted by Crippen LogP contribution is -2.09. The Balaban J connectivity index is 2.35. The van der Waals surface area contributed by atoms with E-state index >= 15 is 0 Å². The third-order valence-electron chi connectivity index (χ3n) is 2.45. The van der Waals surface area contributed by atoms with Crippen LogP contribution in [0.25, 0.3) is 0 Å². The van der Waals surface area contributed by atoms with Gasteiger partial charge in [0.15, 0.2) is 0 Å². The summed E-state index contributed by atoms with van der Waals surface area (Å²) in [6.45, 7) is 5.54. The molecule has 1 N–H and O–H groups in total. The van der Waals surface area contributed by atoms with Crippen LogP contribution >= 0.6 is 0 Å². The summed E-state index contributed by atoms with van der Waals surface area (Å²) in [5.41, 5.74) is -0.129. The lowest BCUT2D eigenvalue weighted by molar-refractivity contribution is 0.0695. The van der Waals surface area contributed by atoms with E-state index in [-0.39, 0.29) is 17.9 Å². The Bertz CT molecular complexity index is 418. The monoisotopic (exact) mass is 270 g/mol. The molecular weight excluding hydrogens is 251 g/mol. The fraction of sp³-hybridized carbons (Fsp3) is 0.500. The van der Waals surface area contributed by atoms with Crippen LogP contribution in [0.3, 0.4) is 0 Å². The molecule has 4 nitrogen and oxygen atoms in total. The van der Waals surface area contributed by atoms with Crippen molar-refractivity contribution < 1.29 is 23.8 Å². The number of hydrogen-bond donors (Lipinski definition) is 1. The molecule has 0 saturated carbocycles. The van der Waals surface area contributed by atoms with Gasteiger partial charge in [-0.1, -0.05) is 13.8 Å². The third kappa shape index (κ3) is 6.20. The van der Waals surface area contributed by atoms with Gasteiger partial charge in [0.1, 0.15) is 18.2 Å². The number of halogens is 1. The highest BCUT2D eigenvalue weighted by Gasteiger charge is 2.07. The summed E-state index contributed by atoms with van der Waals surface area (Å²) in [5, 5.41) is 8.78. The van der Waals surface area contributed by atoms with Gasteiger partial charge in [-0.2, -0.15) is 0 Å². The number of aromatic carboxylic acids is 1. The Morgan fingerprint density at radius 3 is 2.63 bits per heavy atom. The van der Waals surface area contributed by atoms with Gasteiger partial charge in [-0.25, -0.2) is 9.18 Å². The number of carbonyl (C=O) groups is 1. The second kappa shape index (κ2) is 7.74. The highest BCUT2D eigenvalue weighted by atomic mass is 19.1. The number of carboxylic acid groups (broad SMARTS) is 1. The van der Waals surface area contributed by atoms with Crippen molar-refractivity contribution in [2.24, 2.45) is 5.92 Å². The molecule has 106 valence electrons. The molecule has 0 bridgehead atoms. The minimum Gasteiger partial charge on any atom is -0.491 e. The first-order chi connectivity index (χ1) is 8.99. The molecule has 0 aliphatic rings. The SMILES string of the molecule is CC(C)CCOCCOc1cc(F)cc(C(=O)O)c1. The molecule has 0 fully saturated rings. The van der Waals surface area contributed by atoms with E-state index in [0.717, 1.165) is 18.6 Å². The highest BCUT2D eigenvalue weighted by molar-refractivity contribution is 5.88. The average Bonchev–Trinajstić information content (AvgIpc) is 2.32. The highest BCUT2D eigenvalue weighted by Crippen LogP contribution is 2.16. The van der Waals surface area contributed by atoms with E-state index in [2.05, 4.69) is 13.8 Å². The van der Waals surface area contributed by atoms with Crippen LogP contribution in [0.4, 0.5) is 4.39 Å². The largest absolute Gasteiger partial charge is 0.491 e. The Kier molecular flexibility index (Phi) is 6.29. The van der Waals surface area contributed by atoms with Crippen LogP contribution in [0.5, 0.6) is 5.75 Å². The normalized spacial score (nSPS) is 10.7. The smallest absolute Gasteiger partial charge is 0.335 e. The number of carboxylic acids is 1. The quantitative estimate of drug-likeness (QED) is 0.738. The molecule has 0 spiro atoms. The first kappa shape index (κ1) is 15.4. The summed E-state index contributed by atoms with van der Waals surface area (Å²) in [6, 6.07) is 3.40. The third-order valence-corrected chi connectivity index (χ3v) is 2.45. The maximum Gasteiger partial charge on any atom is 0.335 e. The summed E-state index contributed by atoms with van der Waals surface area (Å²) in [7, 11) is 0. The molecule has 19 heavy (non-hydrogen) atoms. The number of ether oxygens (including phenoxy) is 2. The van der Waals surface area contributed by atoms with Crippen molar-refractivity contribution in [3.8, 4) is 5.75 Å².